The highest BCUT2D eigenvalue weighted by Crippen LogP contribution is 2.19. The number of hydrogen-bond donors (Lipinski definition) is 2. The second kappa shape index (κ2) is 4.85. The van der Waals surface area contributed by atoms with Gasteiger partial charge in [-0.1, -0.05) is 0 Å². The normalized spacial score (nSPS) is 23.7. The van der Waals surface area contributed by atoms with E-state index in [1.807, 2.05) is 13.0 Å². The van der Waals surface area contributed by atoms with Crippen LogP contribution in [0.5, 0.6) is 6.01 Å². The molecule has 2 rings (SSSR count). The van der Waals surface area contributed by atoms with E-state index in [4.69, 9.17) is 9.47 Å². The van der Waals surface area contributed by atoms with Gasteiger partial charge in [0, 0.05) is 31.3 Å². The fourth-order valence-electron chi connectivity index (χ4n) is 1.71. The maximum atomic E-state index is 10.1. The summed E-state index contributed by atoms with van der Waals surface area (Å²) in [4.78, 5) is 8.24. The van der Waals surface area contributed by atoms with Gasteiger partial charge in [0.1, 0.15) is 11.4 Å². The predicted molar refractivity (Wildman–Crippen MR) is 62.2 cm³/mol. The number of ether oxygens (including phenoxy) is 2. The van der Waals surface area contributed by atoms with Crippen molar-refractivity contribution in [2.24, 2.45) is 0 Å². The van der Waals surface area contributed by atoms with Gasteiger partial charge in [0.2, 0.25) is 0 Å². The van der Waals surface area contributed by atoms with Crippen LogP contribution < -0.4 is 10.1 Å². The molecule has 1 atom stereocenters. The maximum absolute atomic E-state index is 10.1. The number of aliphatic hydroxyl groups is 1. The van der Waals surface area contributed by atoms with Gasteiger partial charge in [-0.25, -0.2) is 4.98 Å². The van der Waals surface area contributed by atoms with Crippen molar-refractivity contribution in [3.8, 4) is 6.01 Å². The Hall–Kier alpha value is -1.40. The minimum atomic E-state index is -0.800. The summed E-state index contributed by atoms with van der Waals surface area (Å²) in [7, 11) is 1.52. The molecule has 1 aromatic heterocycles. The first kappa shape index (κ1) is 12.1. The molecule has 6 nitrogen and oxygen atoms in total. The SMILES string of the molecule is COc1nc(C)cc(NCC2(O)CCOC2)n1. The summed E-state index contributed by atoms with van der Waals surface area (Å²) in [5, 5.41) is 13.2. The molecule has 0 bridgehead atoms. The van der Waals surface area contributed by atoms with Crippen LogP contribution in [0.3, 0.4) is 0 Å². The molecule has 0 aliphatic carbocycles. The molecule has 0 amide bonds. The summed E-state index contributed by atoms with van der Waals surface area (Å²) in [5.74, 6) is 0.648. The molecule has 1 unspecified atom stereocenters. The van der Waals surface area contributed by atoms with Crippen molar-refractivity contribution in [2.45, 2.75) is 18.9 Å². The number of aromatic nitrogens is 2. The number of rotatable bonds is 4. The Morgan fingerprint density at radius 2 is 2.41 bits per heavy atom. The van der Waals surface area contributed by atoms with Crippen molar-refractivity contribution >= 4 is 5.82 Å². The van der Waals surface area contributed by atoms with Crippen molar-refractivity contribution in [2.75, 3.05) is 32.2 Å². The summed E-state index contributed by atoms with van der Waals surface area (Å²) in [6.07, 6.45) is 0.640. The first-order valence-electron chi connectivity index (χ1n) is 5.55. The van der Waals surface area contributed by atoms with Gasteiger partial charge in [0.15, 0.2) is 0 Å². The zero-order valence-corrected chi connectivity index (χ0v) is 10.1. The van der Waals surface area contributed by atoms with E-state index in [1.165, 1.54) is 7.11 Å². The van der Waals surface area contributed by atoms with Gasteiger partial charge in [-0.2, -0.15) is 4.98 Å². The van der Waals surface area contributed by atoms with Gasteiger partial charge in [-0.3, -0.25) is 0 Å². The minimum Gasteiger partial charge on any atom is -0.467 e. The average molecular weight is 239 g/mol. The Bertz CT molecular complexity index is 392. The highest BCUT2D eigenvalue weighted by molar-refractivity contribution is 5.37. The van der Waals surface area contributed by atoms with Crippen LogP contribution in [-0.4, -0.2) is 47.5 Å². The zero-order valence-electron chi connectivity index (χ0n) is 10.1. The first-order valence-corrected chi connectivity index (χ1v) is 5.55. The van der Waals surface area contributed by atoms with Crippen LogP contribution >= 0.6 is 0 Å². The fourth-order valence-corrected chi connectivity index (χ4v) is 1.71. The minimum absolute atomic E-state index is 0.321. The van der Waals surface area contributed by atoms with E-state index < -0.39 is 5.60 Å². The van der Waals surface area contributed by atoms with E-state index in [-0.39, 0.29) is 0 Å². The fraction of sp³-hybridized carbons (Fsp3) is 0.636. The molecule has 1 aliphatic rings. The molecule has 0 aromatic carbocycles. The molecule has 0 radical (unpaired) electrons. The molecule has 94 valence electrons. The van der Waals surface area contributed by atoms with E-state index in [9.17, 15) is 5.11 Å². The van der Waals surface area contributed by atoms with Gasteiger partial charge < -0.3 is 19.9 Å². The Kier molecular flexibility index (Phi) is 3.44. The third kappa shape index (κ3) is 3.04. The smallest absolute Gasteiger partial charge is 0.318 e. The third-order valence-corrected chi connectivity index (χ3v) is 2.70. The monoisotopic (exact) mass is 239 g/mol. The van der Waals surface area contributed by atoms with E-state index in [2.05, 4.69) is 15.3 Å². The molecule has 1 aliphatic heterocycles. The van der Waals surface area contributed by atoms with Crippen molar-refractivity contribution < 1.29 is 14.6 Å². The van der Waals surface area contributed by atoms with Crippen molar-refractivity contribution in [1.29, 1.82) is 0 Å². The molecular formula is C11H17N3O3. The molecule has 0 spiro atoms. The van der Waals surface area contributed by atoms with E-state index >= 15 is 0 Å². The number of aryl methyl sites for hydroxylation is 1. The standard InChI is InChI=1S/C11H17N3O3/c1-8-5-9(14-10(13-8)16-2)12-6-11(15)3-4-17-7-11/h5,15H,3-4,6-7H2,1-2H3,(H,12,13,14). The average Bonchev–Trinajstić information content (AvgIpc) is 2.73. The molecule has 0 saturated carbocycles. The maximum Gasteiger partial charge on any atom is 0.318 e. The largest absolute Gasteiger partial charge is 0.467 e. The van der Waals surface area contributed by atoms with Crippen molar-refractivity contribution in [1.82, 2.24) is 9.97 Å². The Morgan fingerprint density at radius 3 is 3.06 bits per heavy atom. The quantitative estimate of drug-likeness (QED) is 0.790. The number of nitrogens with zero attached hydrogens (tertiary/aromatic N) is 2. The molecule has 1 aromatic rings. The summed E-state index contributed by atoms with van der Waals surface area (Å²) in [5.41, 5.74) is 0.0144. The second-order valence-corrected chi connectivity index (χ2v) is 4.26. The molecule has 1 fully saturated rings. The van der Waals surface area contributed by atoms with Crippen LogP contribution in [0.25, 0.3) is 0 Å². The third-order valence-electron chi connectivity index (χ3n) is 2.70. The van der Waals surface area contributed by atoms with Gasteiger partial charge in [0.25, 0.3) is 0 Å². The highest BCUT2D eigenvalue weighted by atomic mass is 16.5. The number of nitrogens with one attached hydrogen (secondary N) is 1. The molecule has 2 heterocycles. The summed E-state index contributed by atoms with van der Waals surface area (Å²) in [6.45, 7) is 3.24. The predicted octanol–water partition coefficient (Wildman–Crippen LogP) is 0.357. The van der Waals surface area contributed by atoms with E-state index in [1.54, 1.807) is 0 Å². The Labute approximate surface area is 100.0 Å². The van der Waals surface area contributed by atoms with Gasteiger partial charge in [-0.05, 0) is 6.92 Å². The second-order valence-electron chi connectivity index (χ2n) is 4.26. The summed E-state index contributed by atoms with van der Waals surface area (Å²) in [6, 6.07) is 2.13. The summed E-state index contributed by atoms with van der Waals surface area (Å²) >= 11 is 0. The molecule has 6 heteroatoms. The molecular weight excluding hydrogens is 222 g/mol. The van der Waals surface area contributed by atoms with Gasteiger partial charge in [-0.15, -0.1) is 0 Å². The number of hydrogen-bond acceptors (Lipinski definition) is 6. The van der Waals surface area contributed by atoms with Crippen LogP contribution in [0.2, 0.25) is 0 Å². The van der Waals surface area contributed by atoms with Crippen molar-refractivity contribution in [3.63, 3.8) is 0 Å². The Morgan fingerprint density at radius 1 is 1.59 bits per heavy atom. The number of anilines is 1. The van der Waals surface area contributed by atoms with Gasteiger partial charge >= 0.3 is 6.01 Å². The summed E-state index contributed by atoms with van der Waals surface area (Å²) < 4.78 is 10.2. The van der Waals surface area contributed by atoms with Gasteiger partial charge in [0.05, 0.1) is 13.7 Å². The van der Waals surface area contributed by atoms with Crippen LogP contribution in [-0.2, 0) is 4.74 Å². The lowest BCUT2D eigenvalue weighted by molar-refractivity contribution is 0.0381. The molecule has 17 heavy (non-hydrogen) atoms. The van der Waals surface area contributed by atoms with Crippen LogP contribution in [0.4, 0.5) is 5.82 Å². The van der Waals surface area contributed by atoms with Crippen LogP contribution in [0.1, 0.15) is 12.1 Å². The number of methoxy groups -OCH3 is 1. The lowest BCUT2D eigenvalue weighted by Gasteiger charge is -2.21. The topological polar surface area (TPSA) is 76.5 Å². The van der Waals surface area contributed by atoms with Crippen LogP contribution in [0.15, 0.2) is 6.07 Å². The lowest BCUT2D eigenvalue weighted by atomic mass is 10.0. The lowest BCUT2D eigenvalue weighted by Crippen LogP contribution is -2.37. The highest BCUT2D eigenvalue weighted by Gasteiger charge is 2.32. The van der Waals surface area contributed by atoms with E-state index in [0.717, 1.165) is 5.69 Å². The molecule has 1 saturated heterocycles. The Balaban J connectivity index is 2.00. The zero-order chi connectivity index (χ0) is 12.3. The van der Waals surface area contributed by atoms with E-state index in [0.29, 0.717) is 38.0 Å². The van der Waals surface area contributed by atoms with Crippen LogP contribution in [0, 0.1) is 6.92 Å². The first-order chi connectivity index (χ1) is 8.11. The molecule has 2 N–H and O–H groups in total. The van der Waals surface area contributed by atoms with Crippen molar-refractivity contribution in [3.05, 3.63) is 11.8 Å².